The number of aliphatic hydroxyl groups is 1. The van der Waals surface area contributed by atoms with Crippen LogP contribution in [0.15, 0.2) is 12.4 Å². The van der Waals surface area contributed by atoms with E-state index in [0.29, 0.717) is 5.82 Å². The molecule has 2 N–H and O–H groups in total. The number of carboxylic acid groups (broad SMARTS) is 1. The van der Waals surface area contributed by atoms with Crippen molar-refractivity contribution in [3.63, 3.8) is 0 Å². The molecule has 0 amide bonds. The molecule has 13 heavy (non-hydrogen) atoms. The van der Waals surface area contributed by atoms with E-state index in [2.05, 4.69) is 4.98 Å². The van der Waals surface area contributed by atoms with E-state index in [0.717, 1.165) is 6.92 Å². The van der Waals surface area contributed by atoms with Gasteiger partial charge in [-0.1, -0.05) is 0 Å². The number of aliphatic hydroxyl groups excluding tert-OH is 1. The van der Waals surface area contributed by atoms with Crippen molar-refractivity contribution in [3.8, 4) is 0 Å². The lowest BCUT2D eigenvalue weighted by atomic mass is 10.4. The molecule has 1 rings (SSSR count). The van der Waals surface area contributed by atoms with Crippen molar-refractivity contribution >= 4 is 5.97 Å². The molecule has 1 atom stereocenters. The molecule has 0 aliphatic carbocycles. The van der Waals surface area contributed by atoms with Crippen LogP contribution < -0.4 is 0 Å². The molecule has 1 unspecified atom stereocenters. The van der Waals surface area contributed by atoms with E-state index in [1.165, 1.54) is 0 Å². The highest BCUT2D eigenvalue weighted by Crippen LogP contribution is 2.05. The fourth-order valence-electron chi connectivity index (χ4n) is 0.780. The average Bonchev–Trinajstić information content (AvgIpc) is 2.33. The van der Waals surface area contributed by atoms with Gasteiger partial charge < -0.3 is 14.8 Å². The quantitative estimate of drug-likeness (QED) is 0.672. The summed E-state index contributed by atoms with van der Waals surface area (Å²) in [7, 11) is 1.86. The molecule has 1 heterocycles. The van der Waals surface area contributed by atoms with Gasteiger partial charge in [0.05, 0.1) is 0 Å². The van der Waals surface area contributed by atoms with Crippen molar-refractivity contribution in [2.75, 3.05) is 0 Å². The molecule has 5 heteroatoms. The Bertz CT molecular complexity index is 264. The summed E-state index contributed by atoms with van der Waals surface area (Å²) in [4.78, 5) is 12.9. The summed E-state index contributed by atoms with van der Waals surface area (Å²) in [5.41, 5.74) is 0. The van der Waals surface area contributed by atoms with Crippen LogP contribution in [0.25, 0.3) is 0 Å². The number of nitrogens with zero attached hydrogens (tertiary/aromatic N) is 2. The van der Waals surface area contributed by atoms with Crippen LogP contribution in [0.1, 0.15) is 25.8 Å². The van der Waals surface area contributed by atoms with Gasteiger partial charge in [-0.05, 0) is 6.92 Å². The zero-order valence-electron chi connectivity index (χ0n) is 7.93. The molecule has 1 aromatic heterocycles. The van der Waals surface area contributed by atoms with Crippen LogP contribution >= 0.6 is 0 Å². The Morgan fingerprint density at radius 2 is 2.15 bits per heavy atom. The average molecular weight is 186 g/mol. The van der Waals surface area contributed by atoms with Gasteiger partial charge >= 0.3 is 0 Å². The minimum atomic E-state index is -0.833. The van der Waals surface area contributed by atoms with E-state index in [9.17, 15) is 0 Å². The summed E-state index contributed by atoms with van der Waals surface area (Å²) < 4.78 is 1.80. The predicted molar refractivity (Wildman–Crippen MR) is 47.2 cm³/mol. The number of carboxylic acids is 1. The summed E-state index contributed by atoms with van der Waals surface area (Å²) in [6.45, 7) is 2.78. The van der Waals surface area contributed by atoms with Gasteiger partial charge in [0.15, 0.2) is 0 Å². The topological polar surface area (TPSA) is 75.3 Å². The van der Waals surface area contributed by atoms with Gasteiger partial charge in [-0.25, -0.2) is 4.98 Å². The third-order valence-corrected chi connectivity index (χ3v) is 1.23. The number of hydrogen-bond donors (Lipinski definition) is 2. The molecule has 0 saturated carbocycles. The van der Waals surface area contributed by atoms with Crippen molar-refractivity contribution in [3.05, 3.63) is 18.2 Å². The first-order valence-electron chi connectivity index (χ1n) is 3.80. The third-order valence-electron chi connectivity index (χ3n) is 1.23. The largest absolute Gasteiger partial charge is 0.481 e. The van der Waals surface area contributed by atoms with Gasteiger partial charge in [-0.2, -0.15) is 0 Å². The fraction of sp³-hybridized carbons (Fsp3) is 0.500. The smallest absolute Gasteiger partial charge is 0.300 e. The molecule has 0 spiro atoms. The van der Waals surface area contributed by atoms with E-state index in [1.54, 1.807) is 17.7 Å². The lowest BCUT2D eigenvalue weighted by Crippen LogP contribution is -2.00. The number of aromatic nitrogens is 2. The molecule has 0 aromatic carbocycles. The lowest BCUT2D eigenvalue weighted by molar-refractivity contribution is -0.134. The molecule has 0 radical (unpaired) electrons. The van der Waals surface area contributed by atoms with Crippen molar-refractivity contribution in [1.29, 1.82) is 0 Å². The molecule has 0 saturated heterocycles. The van der Waals surface area contributed by atoms with E-state index in [1.807, 2.05) is 13.2 Å². The molecular formula is C8H14N2O3. The number of carbonyl (C=O) groups is 1. The molecule has 5 nitrogen and oxygen atoms in total. The van der Waals surface area contributed by atoms with E-state index in [-0.39, 0.29) is 0 Å². The summed E-state index contributed by atoms with van der Waals surface area (Å²) in [5.74, 6) is -0.130. The van der Waals surface area contributed by atoms with Crippen LogP contribution in [0.3, 0.4) is 0 Å². The number of aryl methyl sites for hydroxylation is 1. The molecule has 0 fully saturated rings. The Balaban J connectivity index is 0.000000310. The second-order valence-corrected chi connectivity index (χ2v) is 2.59. The van der Waals surface area contributed by atoms with Gasteiger partial charge in [-0.15, -0.1) is 0 Å². The van der Waals surface area contributed by atoms with Crippen LogP contribution in [0.2, 0.25) is 0 Å². The highest BCUT2D eigenvalue weighted by molar-refractivity contribution is 5.62. The first-order chi connectivity index (χ1) is 5.95. The number of rotatable bonds is 1. The van der Waals surface area contributed by atoms with Crippen LogP contribution in [0.5, 0.6) is 0 Å². The minimum absolute atomic E-state index is 0.468. The standard InChI is InChI=1S/C6H10N2O.C2H4O2/c1-5(9)6-7-3-4-8(6)2;1-2(3)4/h3-5,9H,1-2H3;1H3,(H,3,4). The van der Waals surface area contributed by atoms with Gasteiger partial charge in [0.2, 0.25) is 0 Å². The summed E-state index contributed by atoms with van der Waals surface area (Å²) in [5, 5.41) is 16.4. The van der Waals surface area contributed by atoms with E-state index in [4.69, 9.17) is 15.0 Å². The second kappa shape index (κ2) is 5.31. The highest BCUT2D eigenvalue weighted by atomic mass is 16.4. The molecule has 74 valence electrons. The SMILES string of the molecule is CC(=O)O.CC(O)c1nccn1C. The Morgan fingerprint density at radius 3 is 2.31 bits per heavy atom. The number of hydrogen-bond acceptors (Lipinski definition) is 3. The normalized spacial score (nSPS) is 11.4. The first-order valence-corrected chi connectivity index (χ1v) is 3.80. The van der Waals surface area contributed by atoms with Crippen molar-refractivity contribution < 1.29 is 15.0 Å². The monoisotopic (exact) mass is 186 g/mol. The Kier molecular flexibility index (Phi) is 4.76. The van der Waals surface area contributed by atoms with E-state index >= 15 is 0 Å². The van der Waals surface area contributed by atoms with Gasteiger partial charge in [-0.3, -0.25) is 4.79 Å². The highest BCUT2D eigenvalue weighted by Gasteiger charge is 2.03. The Morgan fingerprint density at radius 1 is 1.69 bits per heavy atom. The first kappa shape index (κ1) is 11.6. The van der Waals surface area contributed by atoms with Gasteiger partial charge in [0.1, 0.15) is 11.9 Å². The molecular weight excluding hydrogens is 172 g/mol. The Hall–Kier alpha value is -1.36. The maximum Gasteiger partial charge on any atom is 0.300 e. The molecule has 0 aliphatic rings. The van der Waals surface area contributed by atoms with Gasteiger partial charge in [0, 0.05) is 26.4 Å². The maximum atomic E-state index is 9.01. The lowest BCUT2D eigenvalue weighted by Gasteiger charge is -2.01. The van der Waals surface area contributed by atoms with Crippen LogP contribution in [-0.2, 0) is 11.8 Å². The predicted octanol–water partition coefficient (Wildman–Crippen LogP) is 0.564. The molecule has 1 aromatic rings. The summed E-state index contributed by atoms with van der Waals surface area (Å²) >= 11 is 0. The fourth-order valence-corrected chi connectivity index (χ4v) is 0.780. The summed E-state index contributed by atoms with van der Waals surface area (Å²) in [6.07, 6.45) is 3.01. The number of aliphatic carboxylic acids is 1. The molecule has 0 aliphatic heterocycles. The second-order valence-electron chi connectivity index (χ2n) is 2.59. The number of imidazole rings is 1. The summed E-state index contributed by atoms with van der Waals surface area (Å²) in [6, 6.07) is 0. The van der Waals surface area contributed by atoms with E-state index < -0.39 is 12.1 Å². The minimum Gasteiger partial charge on any atom is -0.481 e. The molecule has 0 bridgehead atoms. The zero-order valence-corrected chi connectivity index (χ0v) is 7.93. The third kappa shape index (κ3) is 4.97. The van der Waals surface area contributed by atoms with Crippen molar-refractivity contribution in [2.24, 2.45) is 7.05 Å². The van der Waals surface area contributed by atoms with Crippen LogP contribution in [-0.4, -0.2) is 25.7 Å². The zero-order chi connectivity index (χ0) is 10.4. The van der Waals surface area contributed by atoms with Gasteiger partial charge in [0.25, 0.3) is 5.97 Å². The maximum absolute atomic E-state index is 9.01. The van der Waals surface area contributed by atoms with Crippen molar-refractivity contribution in [2.45, 2.75) is 20.0 Å². The Labute approximate surface area is 76.7 Å². The van der Waals surface area contributed by atoms with Crippen LogP contribution in [0.4, 0.5) is 0 Å². The van der Waals surface area contributed by atoms with Crippen LogP contribution in [0, 0.1) is 0 Å². The van der Waals surface area contributed by atoms with Crippen molar-refractivity contribution in [1.82, 2.24) is 9.55 Å².